The Kier molecular flexibility index (Phi) is 5.45. The summed E-state index contributed by atoms with van der Waals surface area (Å²) in [5.74, 6) is -0.0307. The van der Waals surface area contributed by atoms with Gasteiger partial charge in [0, 0.05) is 45.2 Å². The Hall–Kier alpha value is -2.97. The van der Waals surface area contributed by atoms with Gasteiger partial charge in [0.25, 0.3) is 5.91 Å². The van der Waals surface area contributed by atoms with Crippen molar-refractivity contribution in [3.8, 4) is 0 Å². The van der Waals surface area contributed by atoms with E-state index in [4.69, 9.17) is 0 Å². The predicted octanol–water partition coefficient (Wildman–Crippen LogP) is 1.67. The number of rotatable bonds is 4. The van der Waals surface area contributed by atoms with Crippen molar-refractivity contribution in [2.75, 3.05) is 26.2 Å². The number of carbonyl (C=O) groups is 3. The van der Waals surface area contributed by atoms with Crippen LogP contribution in [0, 0.1) is 5.41 Å². The normalized spacial score (nSPS) is 18.2. The van der Waals surface area contributed by atoms with Gasteiger partial charge >= 0.3 is 0 Å². The van der Waals surface area contributed by atoms with E-state index in [1.807, 2.05) is 20.8 Å². The summed E-state index contributed by atoms with van der Waals surface area (Å²) in [6, 6.07) is -0.701. The molecule has 0 spiro atoms. The highest BCUT2D eigenvalue weighted by Gasteiger charge is 2.37. The minimum absolute atomic E-state index is 0.0128. The van der Waals surface area contributed by atoms with Crippen molar-refractivity contribution >= 4 is 28.9 Å². The van der Waals surface area contributed by atoms with Crippen LogP contribution in [0.4, 0.5) is 0 Å². The maximum absolute atomic E-state index is 13.3. The molecular formula is C22H30N6O3. The van der Waals surface area contributed by atoms with Gasteiger partial charge in [-0.2, -0.15) is 0 Å². The van der Waals surface area contributed by atoms with Crippen LogP contribution < -0.4 is 5.32 Å². The Morgan fingerprint density at radius 2 is 1.77 bits per heavy atom. The van der Waals surface area contributed by atoms with Crippen molar-refractivity contribution < 1.29 is 14.4 Å². The van der Waals surface area contributed by atoms with Crippen LogP contribution in [0.2, 0.25) is 0 Å². The quantitative estimate of drug-likeness (QED) is 0.773. The molecule has 2 N–H and O–H groups in total. The first-order valence-electron chi connectivity index (χ1n) is 10.8. The molecule has 1 saturated heterocycles. The molecular weight excluding hydrogens is 396 g/mol. The van der Waals surface area contributed by atoms with Gasteiger partial charge in [0.2, 0.25) is 11.8 Å². The van der Waals surface area contributed by atoms with Gasteiger partial charge in [-0.3, -0.25) is 14.4 Å². The first-order valence-corrected chi connectivity index (χ1v) is 10.8. The topological polar surface area (TPSA) is 111 Å². The molecule has 166 valence electrons. The van der Waals surface area contributed by atoms with E-state index in [-0.39, 0.29) is 17.7 Å². The smallest absolute Gasteiger partial charge is 0.255 e. The monoisotopic (exact) mass is 426 g/mol. The molecule has 2 aliphatic rings. The number of piperazine rings is 1. The Bertz CT molecular complexity index is 1010. The first-order chi connectivity index (χ1) is 14.6. The zero-order valence-corrected chi connectivity index (χ0v) is 18.6. The summed E-state index contributed by atoms with van der Waals surface area (Å²) in [5, 5.41) is 2.95. The molecule has 3 heterocycles. The molecule has 0 aromatic carbocycles. The Labute approximate surface area is 181 Å². The summed E-state index contributed by atoms with van der Waals surface area (Å²) < 4.78 is 0. The van der Waals surface area contributed by atoms with Crippen molar-refractivity contribution in [3.05, 3.63) is 23.7 Å². The molecule has 0 bridgehead atoms. The fourth-order valence-electron chi connectivity index (χ4n) is 3.94. The lowest BCUT2D eigenvalue weighted by Gasteiger charge is -2.39. The summed E-state index contributed by atoms with van der Waals surface area (Å²) in [6.45, 7) is 9.27. The van der Waals surface area contributed by atoms with E-state index in [1.165, 1.54) is 6.92 Å². The second-order valence-corrected chi connectivity index (χ2v) is 9.57. The number of H-pyrrole nitrogens is 1. The molecule has 4 rings (SSSR count). The highest BCUT2D eigenvalue weighted by atomic mass is 16.2. The average Bonchev–Trinajstić information content (AvgIpc) is 3.49. The molecule has 1 unspecified atom stereocenters. The highest BCUT2D eigenvalue weighted by Crippen LogP contribution is 2.39. The van der Waals surface area contributed by atoms with Gasteiger partial charge in [0.15, 0.2) is 5.65 Å². The molecule has 0 radical (unpaired) electrons. The van der Waals surface area contributed by atoms with Crippen LogP contribution >= 0.6 is 0 Å². The van der Waals surface area contributed by atoms with Crippen LogP contribution in [-0.2, 0) is 9.59 Å². The maximum Gasteiger partial charge on any atom is 0.255 e. The number of hydrogen-bond acceptors (Lipinski definition) is 5. The Morgan fingerprint density at radius 1 is 1.13 bits per heavy atom. The number of aromatic nitrogens is 3. The van der Waals surface area contributed by atoms with E-state index in [1.54, 1.807) is 22.2 Å². The van der Waals surface area contributed by atoms with Crippen LogP contribution in [0.5, 0.6) is 0 Å². The summed E-state index contributed by atoms with van der Waals surface area (Å²) in [5.41, 5.74) is 1.92. The van der Waals surface area contributed by atoms with Gasteiger partial charge in [-0.1, -0.05) is 20.8 Å². The van der Waals surface area contributed by atoms with Crippen LogP contribution in [0.15, 0.2) is 12.4 Å². The van der Waals surface area contributed by atoms with Crippen molar-refractivity contribution in [1.29, 1.82) is 0 Å². The number of carbonyl (C=O) groups excluding carboxylic acids is 3. The number of fused-ring (bicyclic) bond motifs is 1. The fraction of sp³-hybridized carbons (Fsp3) is 0.591. The first kappa shape index (κ1) is 21.3. The highest BCUT2D eigenvalue weighted by molar-refractivity contribution is 6.06. The van der Waals surface area contributed by atoms with E-state index in [2.05, 4.69) is 20.3 Å². The Morgan fingerprint density at radius 3 is 2.35 bits per heavy atom. The zero-order valence-electron chi connectivity index (χ0n) is 18.6. The van der Waals surface area contributed by atoms with Crippen LogP contribution in [0.3, 0.4) is 0 Å². The third-order valence-electron chi connectivity index (χ3n) is 6.06. The molecule has 9 nitrogen and oxygen atoms in total. The van der Waals surface area contributed by atoms with E-state index in [0.29, 0.717) is 48.8 Å². The number of aromatic amines is 1. The molecule has 1 saturated carbocycles. The minimum atomic E-state index is -0.701. The van der Waals surface area contributed by atoms with E-state index in [0.717, 1.165) is 18.5 Å². The molecule has 2 fully saturated rings. The summed E-state index contributed by atoms with van der Waals surface area (Å²) >= 11 is 0. The number of nitrogens with one attached hydrogen (secondary N) is 2. The zero-order chi connectivity index (χ0) is 22.3. The van der Waals surface area contributed by atoms with Crippen LogP contribution in [0.25, 0.3) is 11.2 Å². The lowest BCUT2D eigenvalue weighted by Crippen LogP contribution is -2.59. The van der Waals surface area contributed by atoms with Crippen LogP contribution in [0.1, 0.15) is 62.5 Å². The summed E-state index contributed by atoms with van der Waals surface area (Å²) in [6.07, 6.45) is 5.57. The van der Waals surface area contributed by atoms with Crippen molar-refractivity contribution in [2.45, 2.75) is 52.5 Å². The standard InChI is InChI=1S/C22H30N6O3/c1-13(29)27-7-9-28(10-8-27)21(31)18(22(2,3)4)26-20(30)15-11-23-19-17(15)25-16(12-24-19)14-5-6-14/h11-12,14,18H,5-10H2,1-4H3,(H,23,24)(H,26,30). The Balaban J connectivity index is 1.52. The van der Waals surface area contributed by atoms with Crippen LogP contribution in [-0.4, -0.2) is 74.7 Å². The van der Waals surface area contributed by atoms with Crippen molar-refractivity contribution in [2.24, 2.45) is 5.41 Å². The van der Waals surface area contributed by atoms with Gasteiger partial charge in [-0.15, -0.1) is 0 Å². The largest absolute Gasteiger partial charge is 0.344 e. The third-order valence-corrected chi connectivity index (χ3v) is 6.06. The second-order valence-electron chi connectivity index (χ2n) is 9.57. The second kappa shape index (κ2) is 7.94. The fourth-order valence-corrected chi connectivity index (χ4v) is 3.94. The van der Waals surface area contributed by atoms with E-state index < -0.39 is 11.5 Å². The number of hydrogen-bond donors (Lipinski definition) is 2. The van der Waals surface area contributed by atoms with Gasteiger partial charge < -0.3 is 20.1 Å². The molecule has 9 heteroatoms. The van der Waals surface area contributed by atoms with Gasteiger partial charge in [-0.25, -0.2) is 9.97 Å². The van der Waals surface area contributed by atoms with Gasteiger partial charge in [0.05, 0.1) is 17.5 Å². The summed E-state index contributed by atoms with van der Waals surface area (Å²) in [7, 11) is 0. The molecule has 1 aliphatic carbocycles. The molecule has 3 amide bonds. The minimum Gasteiger partial charge on any atom is -0.344 e. The molecule has 1 aliphatic heterocycles. The molecule has 2 aromatic heterocycles. The lowest BCUT2D eigenvalue weighted by atomic mass is 9.85. The van der Waals surface area contributed by atoms with E-state index in [9.17, 15) is 14.4 Å². The average molecular weight is 427 g/mol. The van der Waals surface area contributed by atoms with E-state index >= 15 is 0 Å². The molecule has 31 heavy (non-hydrogen) atoms. The molecule has 2 aromatic rings. The maximum atomic E-state index is 13.3. The van der Waals surface area contributed by atoms with Crippen molar-refractivity contribution in [3.63, 3.8) is 0 Å². The van der Waals surface area contributed by atoms with Crippen molar-refractivity contribution in [1.82, 2.24) is 30.1 Å². The lowest BCUT2D eigenvalue weighted by molar-refractivity contribution is -0.141. The summed E-state index contributed by atoms with van der Waals surface area (Å²) in [4.78, 5) is 53.6. The molecule has 1 atom stereocenters. The third kappa shape index (κ3) is 4.40. The van der Waals surface area contributed by atoms with Gasteiger partial charge in [-0.05, 0) is 18.3 Å². The number of amides is 3. The van der Waals surface area contributed by atoms with Gasteiger partial charge in [0.1, 0.15) is 11.6 Å². The number of nitrogens with zero attached hydrogens (tertiary/aromatic N) is 4. The SMILES string of the molecule is CC(=O)N1CCN(C(=O)C(NC(=O)c2c[nH]c3ncc(C4CC4)nc23)C(C)(C)C)CC1. The predicted molar refractivity (Wildman–Crippen MR) is 115 cm³/mol.